The molecule has 2 saturated heterocycles. The first-order chi connectivity index (χ1) is 9.52. The molecule has 2 aliphatic rings. The minimum atomic E-state index is -3.52. The first kappa shape index (κ1) is 14.2. The van der Waals surface area contributed by atoms with Crippen LogP contribution < -0.4 is 0 Å². The molecule has 1 aromatic rings. The third kappa shape index (κ3) is 2.56. The minimum absolute atomic E-state index is 0.158. The van der Waals surface area contributed by atoms with Gasteiger partial charge in [-0.1, -0.05) is 11.6 Å². The lowest BCUT2D eigenvalue weighted by Crippen LogP contribution is -2.47. The van der Waals surface area contributed by atoms with Gasteiger partial charge in [0.05, 0.1) is 13.2 Å². The SMILES string of the molecule is O=S(=O)(c1ccc(Cl)nc1)N1CCC2(CC1)OCCO2. The van der Waals surface area contributed by atoms with E-state index in [0.29, 0.717) is 39.1 Å². The number of hydrogen-bond donors (Lipinski definition) is 0. The van der Waals surface area contributed by atoms with Crippen molar-refractivity contribution in [1.29, 1.82) is 0 Å². The van der Waals surface area contributed by atoms with Crippen molar-refractivity contribution >= 4 is 21.6 Å². The van der Waals surface area contributed by atoms with Crippen molar-refractivity contribution in [2.24, 2.45) is 0 Å². The van der Waals surface area contributed by atoms with Gasteiger partial charge in [0.25, 0.3) is 0 Å². The molecule has 0 aliphatic carbocycles. The van der Waals surface area contributed by atoms with Crippen LogP contribution in [0, 0.1) is 0 Å². The summed E-state index contributed by atoms with van der Waals surface area (Å²) in [4.78, 5) is 3.98. The van der Waals surface area contributed by atoms with Gasteiger partial charge in [0.15, 0.2) is 5.79 Å². The van der Waals surface area contributed by atoms with E-state index in [1.54, 1.807) is 0 Å². The van der Waals surface area contributed by atoms with Gasteiger partial charge in [0, 0.05) is 32.1 Å². The fraction of sp³-hybridized carbons (Fsp3) is 0.583. The fourth-order valence-electron chi connectivity index (χ4n) is 2.52. The highest BCUT2D eigenvalue weighted by Gasteiger charge is 2.42. The van der Waals surface area contributed by atoms with Crippen molar-refractivity contribution < 1.29 is 17.9 Å². The van der Waals surface area contributed by atoms with Crippen molar-refractivity contribution in [2.45, 2.75) is 23.5 Å². The average Bonchev–Trinajstić information content (AvgIpc) is 2.88. The fourth-order valence-corrected chi connectivity index (χ4v) is 4.02. The number of halogens is 1. The smallest absolute Gasteiger partial charge is 0.244 e. The Kier molecular flexibility index (Phi) is 3.72. The Hall–Kier alpha value is -0.730. The zero-order valence-electron chi connectivity index (χ0n) is 10.8. The van der Waals surface area contributed by atoms with Crippen molar-refractivity contribution in [3.8, 4) is 0 Å². The van der Waals surface area contributed by atoms with E-state index in [1.165, 1.54) is 22.6 Å². The molecule has 20 heavy (non-hydrogen) atoms. The molecular formula is C12H15ClN2O4S. The van der Waals surface area contributed by atoms with Crippen LogP contribution in [-0.2, 0) is 19.5 Å². The number of sulfonamides is 1. The predicted molar refractivity (Wildman–Crippen MR) is 71.9 cm³/mol. The summed E-state index contributed by atoms with van der Waals surface area (Å²) in [6.45, 7) is 1.91. The first-order valence-electron chi connectivity index (χ1n) is 6.42. The van der Waals surface area contributed by atoms with E-state index in [0.717, 1.165) is 0 Å². The molecule has 6 nitrogen and oxygen atoms in total. The van der Waals surface area contributed by atoms with Crippen LogP contribution in [0.2, 0.25) is 5.15 Å². The molecule has 110 valence electrons. The Balaban J connectivity index is 1.75. The highest BCUT2D eigenvalue weighted by Crippen LogP contribution is 2.33. The molecule has 2 fully saturated rings. The maximum atomic E-state index is 12.5. The molecule has 3 rings (SSSR count). The van der Waals surface area contributed by atoms with Gasteiger partial charge in [-0.2, -0.15) is 4.31 Å². The van der Waals surface area contributed by atoms with Crippen molar-refractivity contribution in [2.75, 3.05) is 26.3 Å². The molecular weight excluding hydrogens is 304 g/mol. The highest BCUT2D eigenvalue weighted by molar-refractivity contribution is 7.89. The average molecular weight is 319 g/mol. The van der Waals surface area contributed by atoms with E-state index in [2.05, 4.69) is 4.98 Å². The van der Waals surface area contributed by atoms with Crippen LogP contribution in [0.5, 0.6) is 0 Å². The summed E-state index contributed by atoms with van der Waals surface area (Å²) in [5.41, 5.74) is 0. The molecule has 8 heteroatoms. The number of ether oxygens (including phenoxy) is 2. The van der Waals surface area contributed by atoms with Crippen molar-refractivity contribution in [3.63, 3.8) is 0 Å². The number of nitrogens with zero attached hydrogens (tertiary/aromatic N) is 2. The highest BCUT2D eigenvalue weighted by atomic mass is 35.5. The maximum Gasteiger partial charge on any atom is 0.244 e. The largest absolute Gasteiger partial charge is 0.347 e. The van der Waals surface area contributed by atoms with Gasteiger partial charge in [0.2, 0.25) is 10.0 Å². The number of pyridine rings is 1. The van der Waals surface area contributed by atoms with Crippen LogP contribution in [0.15, 0.2) is 23.2 Å². The topological polar surface area (TPSA) is 68.7 Å². The van der Waals surface area contributed by atoms with Gasteiger partial charge in [-0.05, 0) is 12.1 Å². The molecule has 1 aromatic heterocycles. The normalized spacial score (nSPS) is 23.2. The minimum Gasteiger partial charge on any atom is -0.347 e. The molecule has 2 aliphatic heterocycles. The summed E-state index contributed by atoms with van der Waals surface area (Å²) in [6, 6.07) is 2.95. The lowest BCUT2D eigenvalue weighted by atomic mass is 10.1. The van der Waals surface area contributed by atoms with E-state index in [4.69, 9.17) is 21.1 Å². The lowest BCUT2D eigenvalue weighted by molar-refractivity contribution is -0.179. The number of rotatable bonds is 2. The Morgan fingerprint density at radius 2 is 1.85 bits per heavy atom. The summed E-state index contributed by atoms with van der Waals surface area (Å²) in [5, 5.41) is 0.273. The second-order valence-corrected chi connectivity index (χ2v) is 7.15. The summed E-state index contributed by atoms with van der Waals surface area (Å²) >= 11 is 5.68. The Morgan fingerprint density at radius 1 is 1.20 bits per heavy atom. The number of piperidine rings is 1. The van der Waals surface area contributed by atoms with Gasteiger partial charge in [-0.15, -0.1) is 0 Å². The lowest BCUT2D eigenvalue weighted by Gasteiger charge is -2.36. The Bertz CT molecular complexity index is 574. The van der Waals surface area contributed by atoms with Crippen LogP contribution in [0.25, 0.3) is 0 Å². The van der Waals surface area contributed by atoms with Crippen molar-refractivity contribution in [3.05, 3.63) is 23.5 Å². The molecule has 3 heterocycles. The predicted octanol–water partition coefficient (Wildman–Crippen LogP) is 1.26. The molecule has 0 aromatic carbocycles. The number of aromatic nitrogens is 1. The molecule has 0 radical (unpaired) electrons. The standard InChI is InChI=1S/C12H15ClN2O4S/c13-11-2-1-10(9-14-11)20(16,17)15-5-3-12(4-6-15)18-7-8-19-12/h1-2,9H,3-8H2. The summed E-state index contributed by atoms with van der Waals surface area (Å²) in [5.74, 6) is -0.579. The second kappa shape index (κ2) is 5.23. The van der Waals surface area contributed by atoms with E-state index in [9.17, 15) is 8.42 Å². The quantitative estimate of drug-likeness (QED) is 0.768. The summed E-state index contributed by atoms with van der Waals surface area (Å²) in [7, 11) is -3.52. The zero-order valence-corrected chi connectivity index (χ0v) is 12.4. The molecule has 0 atom stereocenters. The van der Waals surface area contributed by atoms with Crippen LogP contribution in [0.4, 0.5) is 0 Å². The van der Waals surface area contributed by atoms with E-state index in [1.807, 2.05) is 0 Å². The molecule has 1 spiro atoms. The molecule has 0 N–H and O–H groups in total. The van der Waals surface area contributed by atoms with Crippen molar-refractivity contribution in [1.82, 2.24) is 9.29 Å². The van der Waals surface area contributed by atoms with Gasteiger partial charge in [0.1, 0.15) is 10.0 Å². The van der Waals surface area contributed by atoms with Crippen LogP contribution in [0.3, 0.4) is 0 Å². The summed E-state index contributed by atoms with van der Waals surface area (Å²) < 4.78 is 37.5. The Labute approximate surface area is 122 Å². The zero-order chi connectivity index (χ0) is 14.2. The maximum absolute atomic E-state index is 12.5. The van der Waals surface area contributed by atoms with Crippen LogP contribution >= 0.6 is 11.6 Å². The summed E-state index contributed by atoms with van der Waals surface area (Å²) in [6.07, 6.45) is 2.38. The molecule has 0 saturated carbocycles. The molecule has 0 amide bonds. The first-order valence-corrected chi connectivity index (χ1v) is 8.23. The Morgan fingerprint density at radius 3 is 2.40 bits per heavy atom. The molecule has 0 bridgehead atoms. The van der Waals surface area contributed by atoms with Gasteiger partial charge >= 0.3 is 0 Å². The third-order valence-electron chi connectivity index (χ3n) is 3.64. The van der Waals surface area contributed by atoms with E-state index >= 15 is 0 Å². The van der Waals surface area contributed by atoms with Gasteiger partial charge in [-0.25, -0.2) is 13.4 Å². The van der Waals surface area contributed by atoms with Gasteiger partial charge < -0.3 is 9.47 Å². The third-order valence-corrected chi connectivity index (χ3v) is 5.74. The van der Waals surface area contributed by atoms with E-state index < -0.39 is 15.8 Å². The molecule has 0 unspecified atom stereocenters. The van der Waals surface area contributed by atoms with E-state index in [-0.39, 0.29) is 10.0 Å². The monoisotopic (exact) mass is 318 g/mol. The van der Waals surface area contributed by atoms with Gasteiger partial charge in [-0.3, -0.25) is 0 Å². The number of hydrogen-bond acceptors (Lipinski definition) is 5. The van der Waals surface area contributed by atoms with Crippen LogP contribution in [0.1, 0.15) is 12.8 Å². The van der Waals surface area contributed by atoms with Crippen LogP contribution in [-0.4, -0.2) is 49.8 Å². The second-order valence-electron chi connectivity index (χ2n) is 4.83.